The first-order chi connectivity index (χ1) is 7.58. The number of rotatable bonds is 1. The average molecular weight is 235 g/mol. The van der Waals surface area contributed by atoms with Crippen molar-refractivity contribution in [1.82, 2.24) is 9.97 Å². The Morgan fingerprint density at radius 2 is 2.06 bits per heavy atom. The fraction of sp³-hybridized carbons (Fsp3) is 0.167. The molecule has 0 atom stereocenters. The summed E-state index contributed by atoms with van der Waals surface area (Å²) in [5, 5.41) is 0.623. The predicted molar refractivity (Wildman–Crippen MR) is 64.8 cm³/mol. The molecule has 0 aliphatic heterocycles. The summed E-state index contributed by atoms with van der Waals surface area (Å²) >= 11 is 5.89. The van der Waals surface area contributed by atoms with Gasteiger partial charge in [0, 0.05) is 21.8 Å². The van der Waals surface area contributed by atoms with Gasteiger partial charge in [-0.15, -0.1) is 0 Å². The molecule has 0 aliphatic carbocycles. The van der Waals surface area contributed by atoms with Crippen molar-refractivity contribution >= 4 is 11.6 Å². The number of hydrogen-bond donors (Lipinski definition) is 1. The SMILES string of the molecule is Cc1nc(-c2cccc(Cl)c2)[nH]c(=O)c1C. The van der Waals surface area contributed by atoms with Crippen LogP contribution in [-0.2, 0) is 0 Å². The molecule has 82 valence electrons. The molecule has 0 fully saturated rings. The molecule has 1 N–H and O–H groups in total. The molecule has 0 aliphatic rings. The van der Waals surface area contributed by atoms with E-state index >= 15 is 0 Å². The molecule has 4 heteroatoms. The van der Waals surface area contributed by atoms with Gasteiger partial charge in [0.25, 0.3) is 5.56 Å². The minimum absolute atomic E-state index is 0.109. The third-order valence-corrected chi connectivity index (χ3v) is 2.73. The second-order valence-corrected chi connectivity index (χ2v) is 4.07. The summed E-state index contributed by atoms with van der Waals surface area (Å²) in [4.78, 5) is 18.7. The van der Waals surface area contributed by atoms with Crippen molar-refractivity contribution in [3.05, 3.63) is 50.9 Å². The molecule has 1 aromatic heterocycles. The Labute approximate surface area is 98.1 Å². The fourth-order valence-electron chi connectivity index (χ4n) is 1.42. The molecule has 0 unspecified atom stereocenters. The highest BCUT2D eigenvalue weighted by atomic mass is 35.5. The summed E-state index contributed by atoms with van der Waals surface area (Å²) in [5.41, 5.74) is 2.08. The highest BCUT2D eigenvalue weighted by molar-refractivity contribution is 6.30. The van der Waals surface area contributed by atoms with Crippen LogP contribution in [0.3, 0.4) is 0 Å². The average Bonchev–Trinajstić information content (AvgIpc) is 2.25. The van der Waals surface area contributed by atoms with E-state index in [1.807, 2.05) is 19.1 Å². The molecule has 2 aromatic rings. The zero-order chi connectivity index (χ0) is 11.7. The van der Waals surface area contributed by atoms with Crippen molar-refractivity contribution in [2.45, 2.75) is 13.8 Å². The number of aryl methyl sites for hydroxylation is 1. The van der Waals surface area contributed by atoms with E-state index in [4.69, 9.17) is 11.6 Å². The highest BCUT2D eigenvalue weighted by Crippen LogP contribution is 2.18. The maximum absolute atomic E-state index is 11.6. The van der Waals surface area contributed by atoms with Crippen molar-refractivity contribution in [2.24, 2.45) is 0 Å². The second kappa shape index (κ2) is 4.10. The molecule has 16 heavy (non-hydrogen) atoms. The van der Waals surface area contributed by atoms with E-state index in [-0.39, 0.29) is 5.56 Å². The molecular weight excluding hydrogens is 224 g/mol. The van der Waals surface area contributed by atoms with E-state index in [2.05, 4.69) is 9.97 Å². The number of aromatic nitrogens is 2. The standard InChI is InChI=1S/C12H11ClN2O/c1-7-8(2)14-11(15-12(7)16)9-4-3-5-10(13)6-9/h3-6H,1-2H3,(H,14,15,16). The normalized spacial score (nSPS) is 10.4. The van der Waals surface area contributed by atoms with Crippen LogP contribution in [0.2, 0.25) is 5.02 Å². The first-order valence-corrected chi connectivity index (χ1v) is 5.29. The highest BCUT2D eigenvalue weighted by Gasteiger charge is 2.05. The summed E-state index contributed by atoms with van der Waals surface area (Å²) in [6.07, 6.45) is 0. The maximum atomic E-state index is 11.6. The van der Waals surface area contributed by atoms with Gasteiger partial charge < -0.3 is 4.98 Å². The van der Waals surface area contributed by atoms with E-state index in [9.17, 15) is 4.79 Å². The summed E-state index contributed by atoms with van der Waals surface area (Å²) in [6.45, 7) is 3.57. The molecule has 0 saturated carbocycles. The van der Waals surface area contributed by atoms with Gasteiger partial charge in [-0.2, -0.15) is 0 Å². The molecular formula is C12H11ClN2O. The predicted octanol–water partition coefficient (Wildman–Crippen LogP) is 2.71. The second-order valence-electron chi connectivity index (χ2n) is 3.64. The van der Waals surface area contributed by atoms with Crippen LogP contribution < -0.4 is 5.56 Å². The van der Waals surface area contributed by atoms with Gasteiger partial charge >= 0.3 is 0 Å². The third kappa shape index (κ3) is 1.99. The van der Waals surface area contributed by atoms with Gasteiger partial charge in [-0.25, -0.2) is 4.98 Å². The first-order valence-electron chi connectivity index (χ1n) is 4.91. The number of aromatic amines is 1. The summed E-state index contributed by atoms with van der Waals surface area (Å²) in [6, 6.07) is 7.24. The molecule has 1 heterocycles. The largest absolute Gasteiger partial charge is 0.306 e. The Kier molecular flexibility index (Phi) is 2.79. The molecule has 2 rings (SSSR count). The summed E-state index contributed by atoms with van der Waals surface area (Å²) in [5.74, 6) is 0.551. The van der Waals surface area contributed by atoms with Crippen molar-refractivity contribution in [3.63, 3.8) is 0 Å². The van der Waals surface area contributed by atoms with E-state index in [0.717, 1.165) is 11.3 Å². The van der Waals surface area contributed by atoms with Gasteiger partial charge in [-0.3, -0.25) is 4.79 Å². The quantitative estimate of drug-likeness (QED) is 0.825. The first kappa shape index (κ1) is 10.9. The monoisotopic (exact) mass is 234 g/mol. The zero-order valence-corrected chi connectivity index (χ0v) is 9.80. The molecule has 0 spiro atoms. The van der Waals surface area contributed by atoms with Gasteiger partial charge in [0.15, 0.2) is 0 Å². The smallest absolute Gasteiger partial charge is 0.254 e. The molecule has 1 aromatic carbocycles. The van der Waals surface area contributed by atoms with Crippen LogP contribution in [0.1, 0.15) is 11.3 Å². The molecule has 0 saturated heterocycles. The summed E-state index contributed by atoms with van der Waals surface area (Å²) in [7, 11) is 0. The topological polar surface area (TPSA) is 45.8 Å². The number of hydrogen-bond acceptors (Lipinski definition) is 2. The van der Waals surface area contributed by atoms with Gasteiger partial charge in [0.1, 0.15) is 5.82 Å². The Hall–Kier alpha value is -1.61. The van der Waals surface area contributed by atoms with E-state index in [1.165, 1.54) is 0 Å². The van der Waals surface area contributed by atoms with Crippen LogP contribution >= 0.6 is 11.6 Å². The van der Waals surface area contributed by atoms with Crippen molar-refractivity contribution in [3.8, 4) is 11.4 Å². The Morgan fingerprint density at radius 1 is 1.31 bits per heavy atom. The minimum Gasteiger partial charge on any atom is -0.306 e. The van der Waals surface area contributed by atoms with E-state index < -0.39 is 0 Å². The lowest BCUT2D eigenvalue weighted by atomic mass is 10.2. The van der Waals surface area contributed by atoms with Gasteiger partial charge in [0.05, 0.1) is 0 Å². The van der Waals surface area contributed by atoms with Crippen LogP contribution in [0.15, 0.2) is 29.1 Å². The van der Waals surface area contributed by atoms with Crippen molar-refractivity contribution < 1.29 is 0 Å². The fourth-order valence-corrected chi connectivity index (χ4v) is 1.61. The van der Waals surface area contributed by atoms with Gasteiger partial charge in [-0.05, 0) is 26.0 Å². The van der Waals surface area contributed by atoms with Gasteiger partial charge in [-0.1, -0.05) is 23.7 Å². The van der Waals surface area contributed by atoms with E-state index in [0.29, 0.717) is 16.4 Å². The lowest BCUT2D eigenvalue weighted by Crippen LogP contribution is -2.14. The number of H-pyrrole nitrogens is 1. The molecule has 0 radical (unpaired) electrons. The summed E-state index contributed by atoms with van der Waals surface area (Å²) < 4.78 is 0. The number of nitrogens with one attached hydrogen (secondary N) is 1. The molecule has 0 bridgehead atoms. The number of benzene rings is 1. The van der Waals surface area contributed by atoms with Crippen molar-refractivity contribution in [2.75, 3.05) is 0 Å². The minimum atomic E-state index is -0.109. The molecule has 0 amide bonds. The van der Waals surface area contributed by atoms with Crippen LogP contribution in [0, 0.1) is 13.8 Å². The van der Waals surface area contributed by atoms with Gasteiger partial charge in [0.2, 0.25) is 0 Å². The Bertz CT molecular complexity index is 590. The number of nitrogens with zero attached hydrogens (tertiary/aromatic N) is 1. The zero-order valence-electron chi connectivity index (χ0n) is 9.04. The van der Waals surface area contributed by atoms with Crippen LogP contribution in [0.4, 0.5) is 0 Å². The lowest BCUT2D eigenvalue weighted by molar-refractivity contribution is 1.03. The lowest BCUT2D eigenvalue weighted by Gasteiger charge is -2.04. The molecule has 3 nitrogen and oxygen atoms in total. The number of halogens is 1. The van der Waals surface area contributed by atoms with Crippen LogP contribution in [0.25, 0.3) is 11.4 Å². The Balaban J connectivity index is 2.61. The maximum Gasteiger partial charge on any atom is 0.254 e. The Morgan fingerprint density at radius 3 is 2.69 bits per heavy atom. The van der Waals surface area contributed by atoms with E-state index in [1.54, 1.807) is 19.1 Å². The van der Waals surface area contributed by atoms with Crippen LogP contribution in [0.5, 0.6) is 0 Å². The van der Waals surface area contributed by atoms with Crippen molar-refractivity contribution in [1.29, 1.82) is 0 Å². The van der Waals surface area contributed by atoms with Crippen LogP contribution in [-0.4, -0.2) is 9.97 Å². The third-order valence-electron chi connectivity index (χ3n) is 2.49.